The van der Waals surface area contributed by atoms with Crippen LogP contribution in [-0.2, 0) is 9.53 Å². The van der Waals surface area contributed by atoms with Gasteiger partial charge < -0.3 is 4.74 Å². The lowest BCUT2D eigenvalue weighted by Crippen LogP contribution is -2.22. The Bertz CT molecular complexity index is 229. The number of hydrogen-bond donors (Lipinski definition) is 0. The Balaban J connectivity index is 4.10. The highest BCUT2D eigenvalue weighted by atomic mass is 16.6. The van der Waals surface area contributed by atoms with Crippen LogP contribution >= 0.6 is 0 Å². The number of carbonyl (C=O) groups excluding carboxylic acids is 1. The molecule has 74 valence electrons. The maximum atomic E-state index is 11.1. The Kier molecular flexibility index (Phi) is 4.46. The zero-order valence-corrected chi connectivity index (χ0v) is 9.05. The molecule has 0 fully saturated rings. The number of ether oxygens (including phenoxy) is 1. The molecular weight excluding hydrogens is 164 g/mol. The van der Waals surface area contributed by atoms with E-state index in [1.54, 1.807) is 6.08 Å². The smallest absolute Gasteiger partial charge is 0.331 e. The van der Waals surface area contributed by atoms with Gasteiger partial charge in [0.1, 0.15) is 5.60 Å². The van der Waals surface area contributed by atoms with Crippen molar-refractivity contribution in [2.24, 2.45) is 0 Å². The van der Waals surface area contributed by atoms with Gasteiger partial charge in [-0.2, -0.15) is 0 Å². The topological polar surface area (TPSA) is 26.3 Å². The molecule has 0 aliphatic rings. The normalized spacial score (nSPS) is 13.5. The first-order valence-electron chi connectivity index (χ1n) is 4.39. The molecule has 0 aliphatic heterocycles. The van der Waals surface area contributed by atoms with E-state index >= 15 is 0 Å². The van der Waals surface area contributed by atoms with Crippen molar-refractivity contribution in [1.82, 2.24) is 0 Å². The summed E-state index contributed by atoms with van der Waals surface area (Å²) in [5.74, 6) is -0.297. The minimum absolute atomic E-state index is 0.297. The SMILES string of the molecule is CC=C(C)C=CC(=O)OC(C)(C)C. The standard InChI is InChI=1S/C11H18O2/c1-6-9(2)7-8-10(12)13-11(3,4)5/h6-8H,1-5H3. The monoisotopic (exact) mass is 182 g/mol. The maximum absolute atomic E-state index is 11.1. The van der Waals surface area contributed by atoms with Crippen LogP contribution in [0.2, 0.25) is 0 Å². The molecule has 0 saturated heterocycles. The van der Waals surface area contributed by atoms with Gasteiger partial charge in [-0.1, -0.05) is 17.7 Å². The lowest BCUT2D eigenvalue weighted by molar-refractivity contribution is -0.148. The van der Waals surface area contributed by atoms with Crippen molar-refractivity contribution < 1.29 is 9.53 Å². The highest BCUT2D eigenvalue weighted by molar-refractivity contribution is 5.82. The minimum Gasteiger partial charge on any atom is -0.457 e. The Labute approximate surface area is 80.3 Å². The van der Waals surface area contributed by atoms with Crippen LogP contribution in [0.25, 0.3) is 0 Å². The number of hydrogen-bond acceptors (Lipinski definition) is 2. The zero-order chi connectivity index (χ0) is 10.5. The molecule has 0 atom stereocenters. The molecule has 0 aromatic heterocycles. The molecule has 0 rings (SSSR count). The third kappa shape index (κ3) is 7.32. The lowest BCUT2D eigenvalue weighted by Gasteiger charge is -2.17. The summed E-state index contributed by atoms with van der Waals surface area (Å²) in [7, 11) is 0. The third-order valence-electron chi connectivity index (χ3n) is 1.34. The largest absolute Gasteiger partial charge is 0.457 e. The van der Waals surface area contributed by atoms with Crippen LogP contribution in [0.4, 0.5) is 0 Å². The van der Waals surface area contributed by atoms with Gasteiger partial charge in [-0.3, -0.25) is 0 Å². The first-order valence-corrected chi connectivity index (χ1v) is 4.39. The van der Waals surface area contributed by atoms with Crippen molar-refractivity contribution in [2.45, 2.75) is 40.2 Å². The van der Waals surface area contributed by atoms with Crippen LogP contribution in [0.15, 0.2) is 23.8 Å². The fourth-order valence-corrected chi connectivity index (χ4v) is 0.632. The van der Waals surface area contributed by atoms with Gasteiger partial charge in [-0.25, -0.2) is 4.79 Å². The fourth-order valence-electron chi connectivity index (χ4n) is 0.632. The maximum Gasteiger partial charge on any atom is 0.331 e. The molecule has 0 bridgehead atoms. The number of rotatable bonds is 2. The van der Waals surface area contributed by atoms with Crippen LogP contribution in [-0.4, -0.2) is 11.6 Å². The minimum atomic E-state index is -0.411. The molecule has 0 saturated carbocycles. The summed E-state index contributed by atoms with van der Waals surface area (Å²) in [6.07, 6.45) is 5.12. The van der Waals surface area contributed by atoms with Crippen molar-refractivity contribution in [3.63, 3.8) is 0 Å². The molecule has 0 spiro atoms. The van der Waals surface area contributed by atoms with Crippen molar-refractivity contribution >= 4 is 5.97 Å². The van der Waals surface area contributed by atoms with Crippen LogP contribution in [0.1, 0.15) is 34.6 Å². The van der Waals surface area contributed by atoms with Crippen molar-refractivity contribution in [2.75, 3.05) is 0 Å². The predicted molar refractivity (Wildman–Crippen MR) is 54.4 cm³/mol. The molecule has 0 N–H and O–H groups in total. The second-order valence-corrected chi connectivity index (χ2v) is 3.90. The molecular formula is C11H18O2. The van der Waals surface area contributed by atoms with Gasteiger partial charge in [0, 0.05) is 6.08 Å². The first kappa shape index (κ1) is 11.9. The molecule has 0 radical (unpaired) electrons. The van der Waals surface area contributed by atoms with Crippen molar-refractivity contribution in [1.29, 1.82) is 0 Å². The Morgan fingerprint density at radius 1 is 1.23 bits per heavy atom. The van der Waals surface area contributed by atoms with E-state index in [1.165, 1.54) is 6.08 Å². The lowest BCUT2D eigenvalue weighted by atomic mass is 10.2. The van der Waals surface area contributed by atoms with Gasteiger partial charge in [0.05, 0.1) is 0 Å². The third-order valence-corrected chi connectivity index (χ3v) is 1.34. The molecule has 0 aromatic rings. The van der Waals surface area contributed by atoms with Gasteiger partial charge in [-0.15, -0.1) is 0 Å². The van der Waals surface area contributed by atoms with E-state index in [0.717, 1.165) is 5.57 Å². The summed E-state index contributed by atoms with van der Waals surface area (Å²) >= 11 is 0. The summed E-state index contributed by atoms with van der Waals surface area (Å²) in [6.45, 7) is 9.40. The Hall–Kier alpha value is -1.05. The van der Waals surface area contributed by atoms with E-state index in [9.17, 15) is 4.79 Å². The van der Waals surface area contributed by atoms with Crippen LogP contribution in [0, 0.1) is 0 Å². The van der Waals surface area contributed by atoms with Crippen LogP contribution in [0.5, 0.6) is 0 Å². The van der Waals surface area contributed by atoms with Gasteiger partial charge in [0.2, 0.25) is 0 Å². The molecule has 2 nitrogen and oxygen atoms in total. The summed E-state index contributed by atoms with van der Waals surface area (Å²) < 4.78 is 5.08. The molecule has 0 amide bonds. The molecule has 0 unspecified atom stereocenters. The Morgan fingerprint density at radius 3 is 2.15 bits per heavy atom. The second-order valence-electron chi connectivity index (χ2n) is 3.90. The van der Waals surface area contributed by atoms with E-state index in [2.05, 4.69) is 0 Å². The van der Waals surface area contributed by atoms with E-state index in [1.807, 2.05) is 40.7 Å². The van der Waals surface area contributed by atoms with Gasteiger partial charge in [0.15, 0.2) is 0 Å². The van der Waals surface area contributed by atoms with Gasteiger partial charge >= 0.3 is 5.97 Å². The highest BCUT2D eigenvalue weighted by Crippen LogP contribution is 2.07. The van der Waals surface area contributed by atoms with Crippen molar-refractivity contribution in [3.8, 4) is 0 Å². The summed E-state index contributed by atoms with van der Waals surface area (Å²) in [5, 5.41) is 0. The number of esters is 1. The summed E-state index contributed by atoms with van der Waals surface area (Å²) in [5.41, 5.74) is 0.636. The average molecular weight is 182 g/mol. The quantitative estimate of drug-likeness (QED) is 0.373. The molecule has 2 heteroatoms. The summed E-state index contributed by atoms with van der Waals surface area (Å²) in [4.78, 5) is 11.1. The predicted octanol–water partition coefficient (Wildman–Crippen LogP) is 2.85. The van der Waals surface area contributed by atoms with E-state index in [4.69, 9.17) is 4.74 Å². The van der Waals surface area contributed by atoms with Gasteiger partial charge in [-0.05, 0) is 34.6 Å². The Morgan fingerprint density at radius 2 is 1.77 bits per heavy atom. The van der Waals surface area contributed by atoms with E-state index in [-0.39, 0.29) is 5.97 Å². The van der Waals surface area contributed by atoms with Gasteiger partial charge in [0.25, 0.3) is 0 Å². The number of allylic oxidation sites excluding steroid dienone is 3. The van der Waals surface area contributed by atoms with Crippen LogP contribution in [0.3, 0.4) is 0 Å². The number of carbonyl (C=O) groups is 1. The molecule has 0 aliphatic carbocycles. The first-order chi connectivity index (χ1) is 5.85. The second kappa shape index (κ2) is 4.85. The van der Waals surface area contributed by atoms with E-state index in [0.29, 0.717) is 0 Å². The zero-order valence-electron chi connectivity index (χ0n) is 9.05. The molecule has 0 heterocycles. The molecule has 0 aromatic carbocycles. The van der Waals surface area contributed by atoms with Crippen LogP contribution < -0.4 is 0 Å². The van der Waals surface area contributed by atoms with Crippen molar-refractivity contribution in [3.05, 3.63) is 23.8 Å². The molecule has 13 heavy (non-hydrogen) atoms. The van der Waals surface area contributed by atoms with E-state index < -0.39 is 5.60 Å². The average Bonchev–Trinajstić information content (AvgIpc) is 1.97. The summed E-state index contributed by atoms with van der Waals surface area (Å²) in [6, 6.07) is 0. The fraction of sp³-hybridized carbons (Fsp3) is 0.545. The highest BCUT2D eigenvalue weighted by Gasteiger charge is 2.13.